The van der Waals surface area contributed by atoms with Gasteiger partial charge in [-0.1, -0.05) is 45.0 Å². The number of hydrogen-bond acceptors (Lipinski definition) is 7. The SMILES string of the molecule is CCCN(CCC)C(=O)c1cc(C(=O)N[C@@H](c2cc(F)cc(F)c2)[C@H](O)CNCc2cccc(OC)c2)cc(/C(C)=N/OCC(C)C)c1. The summed E-state index contributed by atoms with van der Waals surface area (Å²) in [6.45, 7) is 11.5. The van der Waals surface area contributed by atoms with Crippen LogP contribution in [-0.4, -0.2) is 67.0 Å². The number of nitrogens with zero attached hydrogens (tertiary/aromatic N) is 2. The van der Waals surface area contributed by atoms with E-state index in [4.69, 9.17) is 9.57 Å². The number of aliphatic hydroxyl groups is 1. The minimum atomic E-state index is -1.29. The number of nitrogens with one attached hydrogen (secondary N) is 2. The molecular formula is C37H48F2N4O5. The van der Waals surface area contributed by atoms with Crippen LogP contribution in [0, 0.1) is 17.6 Å². The first kappa shape index (κ1) is 38.1. The van der Waals surface area contributed by atoms with Gasteiger partial charge in [0, 0.05) is 48.9 Å². The van der Waals surface area contributed by atoms with Gasteiger partial charge in [0.1, 0.15) is 24.0 Å². The molecule has 0 bridgehead atoms. The molecule has 0 fully saturated rings. The van der Waals surface area contributed by atoms with E-state index >= 15 is 0 Å². The average molecular weight is 667 g/mol. The van der Waals surface area contributed by atoms with Crippen LogP contribution in [0.25, 0.3) is 0 Å². The van der Waals surface area contributed by atoms with E-state index in [0.717, 1.165) is 36.6 Å². The molecule has 0 spiro atoms. The predicted octanol–water partition coefficient (Wildman–Crippen LogP) is 6.25. The number of carbonyl (C=O) groups excluding carboxylic acids is 2. The Hall–Kier alpha value is -4.35. The van der Waals surface area contributed by atoms with E-state index in [1.807, 2.05) is 52.0 Å². The van der Waals surface area contributed by atoms with E-state index in [-0.39, 0.29) is 35.1 Å². The van der Waals surface area contributed by atoms with Crippen LogP contribution >= 0.6 is 0 Å². The molecule has 0 aliphatic carbocycles. The third kappa shape index (κ3) is 11.4. The summed E-state index contributed by atoms with van der Waals surface area (Å²) >= 11 is 0. The number of carbonyl (C=O) groups is 2. The van der Waals surface area contributed by atoms with Crippen LogP contribution in [0.5, 0.6) is 5.75 Å². The molecule has 0 aliphatic heterocycles. The molecule has 260 valence electrons. The first-order valence-corrected chi connectivity index (χ1v) is 16.3. The molecule has 11 heteroatoms. The standard InChI is InChI=1S/C37H48F2N4O5/c1-7-12-43(13-8-2)37(46)30-16-27(25(5)42-48-23-24(3)4)15-29(17-30)36(45)41-35(28-18-31(38)20-32(39)19-28)34(44)22-40-21-26-10-9-11-33(14-26)47-6/h9-11,14-20,24,34-35,40,44H,7-8,12-13,21-23H2,1-6H3,(H,41,45)/b42-25+/t34-,35+/m1/s1. The molecule has 0 aliphatic rings. The van der Waals surface area contributed by atoms with Crippen LogP contribution in [0.3, 0.4) is 0 Å². The Morgan fingerprint density at radius 2 is 1.58 bits per heavy atom. The summed E-state index contributed by atoms with van der Waals surface area (Å²) in [6.07, 6.45) is 0.234. The zero-order chi connectivity index (χ0) is 35.2. The Kier molecular flexibility index (Phi) is 15.0. The van der Waals surface area contributed by atoms with Gasteiger partial charge < -0.3 is 30.2 Å². The molecule has 3 N–H and O–H groups in total. The third-order valence-electron chi connectivity index (χ3n) is 7.48. The Morgan fingerprint density at radius 1 is 0.938 bits per heavy atom. The van der Waals surface area contributed by atoms with E-state index in [1.165, 1.54) is 6.07 Å². The van der Waals surface area contributed by atoms with Gasteiger partial charge in [0.2, 0.25) is 0 Å². The second-order valence-corrected chi connectivity index (χ2v) is 12.2. The molecular weight excluding hydrogens is 618 g/mol. The maximum atomic E-state index is 14.4. The summed E-state index contributed by atoms with van der Waals surface area (Å²) in [4.78, 5) is 34.8. The zero-order valence-corrected chi connectivity index (χ0v) is 28.7. The topological polar surface area (TPSA) is 112 Å². The first-order valence-electron chi connectivity index (χ1n) is 16.3. The van der Waals surface area contributed by atoms with Gasteiger partial charge in [-0.25, -0.2) is 8.78 Å². The summed E-state index contributed by atoms with van der Waals surface area (Å²) in [6, 6.07) is 13.8. The fourth-order valence-electron chi connectivity index (χ4n) is 5.11. The quantitative estimate of drug-likeness (QED) is 0.109. The second-order valence-electron chi connectivity index (χ2n) is 12.2. The number of hydrogen-bond donors (Lipinski definition) is 3. The molecule has 3 aromatic carbocycles. The Balaban J connectivity index is 1.96. The highest BCUT2D eigenvalue weighted by Gasteiger charge is 2.26. The van der Waals surface area contributed by atoms with E-state index in [0.29, 0.717) is 43.3 Å². The van der Waals surface area contributed by atoms with Crippen molar-refractivity contribution in [2.24, 2.45) is 11.1 Å². The van der Waals surface area contributed by atoms with Crippen LogP contribution in [-0.2, 0) is 11.4 Å². The lowest BCUT2D eigenvalue weighted by Gasteiger charge is -2.26. The maximum absolute atomic E-state index is 14.4. The molecule has 0 heterocycles. The summed E-state index contributed by atoms with van der Waals surface area (Å²) in [5.74, 6) is -1.67. The number of benzene rings is 3. The molecule has 48 heavy (non-hydrogen) atoms. The largest absolute Gasteiger partial charge is 0.497 e. The monoisotopic (exact) mass is 666 g/mol. The van der Waals surface area contributed by atoms with Gasteiger partial charge >= 0.3 is 0 Å². The lowest BCUT2D eigenvalue weighted by atomic mass is 9.98. The highest BCUT2D eigenvalue weighted by molar-refractivity contribution is 6.06. The molecule has 3 aromatic rings. The van der Waals surface area contributed by atoms with E-state index < -0.39 is 29.7 Å². The molecule has 0 aromatic heterocycles. The molecule has 0 radical (unpaired) electrons. The number of rotatable bonds is 18. The minimum absolute atomic E-state index is 0.0218. The van der Waals surface area contributed by atoms with Crippen LogP contribution < -0.4 is 15.4 Å². The molecule has 2 atom stereocenters. The van der Waals surface area contributed by atoms with E-state index in [2.05, 4.69) is 15.8 Å². The highest BCUT2D eigenvalue weighted by atomic mass is 19.1. The first-order chi connectivity index (χ1) is 22.9. The minimum Gasteiger partial charge on any atom is -0.497 e. The van der Waals surface area contributed by atoms with Crippen molar-refractivity contribution in [3.63, 3.8) is 0 Å². The number of oxime groups is 1. The number of methoxy groups -OCH3 is 1. The highest BCUT2D eigenvalue weighted by Crippen LogP contribution is 2.22. The fraction of sp³-hybridized carbons (Fsp3) is 0.432. The van der Waals surface area contributed by atoms with Crippen LogP contribution in [0.2, 0.25) is 0 Å². The maximum Gasteiger partial charge on any atom is 0.253 e. The summed E-state index contributed by atoms with van der Waals surface area (Å²) in [5, 5.41) is 21.4. The normalized spacial score (nSPS) is 12.8. The Morgan fingerprint density at radius 3 is 2.21 bits per heavy atom. The van der Waals surface area contributed by atoms with Crippen LogP contribution in [0.15, 0.2) is 65.8 Å². The van der Waals surface area contributed by atoms with Crippen molar-refractivity contribution in [2.45, 2.75) is 66.2 Å². The second kappa shape index (κ2) is 18.8. The van der Waals surface area contributed by atoms with Crippen LogP contribution in [0.1, 0.15) is 90.9 Å². The Labute approximate surface area is 282 Å². The molecule has 3 rings (SSSR count). The number of aliphatic hydroxyl groups excluding tert-OH is 1. The average Bonchev–Trinajstić information content (AvgIpc) is 3.05. The number of halogens is 2. The Bertz CT molecular complexity index is 1520. The number of amides is 2. The van der Waals surface area contributed by atoms with Crippen molar-refractivity contribution in [3.8, 4) is 5.75 Å². The van der Waals surface area contributed by atoms with Gasteiger partial charge in [-0.2, -0.15) is 0 Å². The van der Waals surface area contributed by atoms with Crippen LogP contribution in [0.4, 0.5) is 8.78 Å². The van der Waals surface area contributed by atoms with Crippen molar-refractivity contribution in [3.05, 3.63) is 100 Å². The van der Waals surface area contributed by atoms with Crippen molar-refractivity contribution in [1.82, 2.24) is 15.5 Å². The molecule has 0 unspecified atom stereocenters. The lowest BCUT2D eigenvalue weighted by molar-refractivity contribution is 0.0755. The summed E-state index contributed by atoms with van der Waals surface area (Å²) < 4.78 is 34.0. The summed E-state index contributed by atoms with van der Waals surface area (Å²) in [5.41, 5.74) is 2.29. The van der Waals surface area contributed by atoms with Gasteiger partial charge in [-0.15, -0.1) is 0 Å². The van der Waals surface area contributed by atoms with Gasteiger partial charge in [-0.3, -0.25) is 9.59 Å². The van der Waals surface area contributed by atoms with E-state index in [9.17, 15) is 23.5 Å². The zero-order valence-electron chi connectivity index (χ0n) is 28.7. The smallest absolute Gasteiger partial charge is 0.253 e. The van der Waals surface area contributed by atoms with Gasteiger partial charge in [-0.05, 0) is 79.3 Å². The molecule has 9 nitrogen and oxygen atoms in total. The molecule has 0 saturated heterocycles. The predicted molar refractivity (Wildman–Crippen MR) is 183 cm³/mol. The molecule has 2 amide bonds. The van der Waals surface area contributed by atoms with Gasteiger partial charge in [0.25, 0.3) is 11.8 Å². The van der Waals surface area contributed by atoms with Crippen molar-refractivity contribution >= 4 is 17.5 Å². The fourth-order valence-corrected chi connectivity index (χ4v) is 5.11. The third-order valence-corrected chi connectivity index (χ3v) is 7.48. The lowest BCUT2D eigenvalue weighted by Crippen LogP contribution is -2.41. The van der Waals surface area contributed by atoms with Crippen molar-refractivity contribution in [1.29, 1.82) is 0 Å². The van der Waals surface area contributed by atoms with Crippen molar-refractivity contribution in [2.75, 3.05) is 33.4 Å². The summed E-state index contributed by atoms with van der Waals surface area (Å²) in [7, 11) is 1.57. The van der Waals surface area contributed by atoms with Gasteiger partial charge in [0.15, 0.2) is 0 Å². The van der Waals surface area contributed by atoms with Gasteiger partial charge in [0.05, 0.1) is 25.0 Å². The number of ether oxygens (including phenoxy) is 1. The van der Waals surface area contributed by atoms with Crippen molar-refractivity contribution < 1.29 is 33.1 Å². The molecule has 0 saturated carbocycles. The van der Waals surface area contributed by atoms with E-state index in [1.54, 1.807) is 31.1 Å².